The first kappa shape index (κ1) is 40.9. The summed E-state index contributed by atoms with van der Waals surface area (Å²) < 4.78 is 51.0. The van der Waals surface area contributed by atoms with Crippen molar-refractivity contribution in [2.45, 2.75) is 6.18 Å². The molecule has 3 heterocycles. The van der Waals surface area contributed by atoms with Crippen molar-refractivity contribution in [1.29, 1.82) is 21.0 Å². The highest BCUT2D eigenvalue weighted by atomic mass is 19.4. The van der Waals surface area contributed by atoms with Crippen LogP contribution in [0.5, 0.6) is 0 Å². The number of hydrogen-bond donors (Lipinski definition) is 0. The monoisotopic (exact) mass is 882 g/mol. The summed E-state index contributed by atoms with van der Waals surface area (Å²) in [5.41, 5.74) is 7.16. The van der Waals surface area contributed by atoms with E-state index in [1.807, 2.05) is 81.9 Å². The molecule has 11 heteroatoms. The fourth-order valence-corrected chi connectivity index (χ4v) is 9.18. The number of benzene rings is 8. The van der Waals surface area contributed by atoms with Gasteiger partial charge in [-0.15, -0.1) is 0 Å². The van der Waals surface area contributed by atoms with Crippen LogP contribution in [0.3, 0.4) is 0 Å². The molecular weight excluding hydrogens is 854 g/mol. The lowest BCUT2D eigenvalue weighted by atomic mass is 9.93. The van der Waals surface area contributed by atoms with Crippen molar-refractivity contribution in [2.75, 3.05) is 0 Å². The number of alkyl halides is 3. The molecule has 8 nitrogen and oxygen atoms in total. The first-order valence-corrected chi connectivity index (χ1v) is 21.3. The van der Waals surface area contributed by atoms with E-state index in [0.29, 0.717) is 100 Å². The second-order valence-corrected chi connectivity index (χ2v) is 16.2. The minimum absolute atomic E-state index is 0.137. The number of nitrogens with zero attached hydrogens (tertiary/aromatic N) is 8. The zero-order valence-electron chi connectivity index (χ0n) is 35.5. The Morgan fingerprint density at radius 2 is 0.853 bits per heavy atom. The van der Waals surface area contributed by atoms with Gasteiger partial charge in [0.15, 0.2) is 5.82 Å². The quantitative estimate of drug-likeness (QED) is 0.163. The molecule has 0 spiro atoms. The van der Waals surface area contributed by atoms with Gasteiger partial charge in [-0.2, -0.15) is 34.2 Å². The first-order chi connectivity index (χ1) is 33.1. The van der Waals surface area contributed by atoms with Crippen molar-refractivity contribution >= 4 is 43.6 Å². The SMILES string of the molecule is N#Cc1ccc2c(c1)c1cc(C#N)ccc1n2-c1ccc(C(F)(F)F)c(-c2cc(-c3cc(-c4ccccc4)nc(-c4ccccc4)n3)ccc2-n2c3ccc(C#N)cc3c3cc(C#N)ccc32)c1. The van der Waals surface area contributed by atoms with Gasteiger partial charge in [-0.05, 0) is 115 Å². The number of halogens is 3. The summed E-state index contributed by atoms with van der Waals surface area (Å²) in [4.78, 5) is 9.98. The predicted molar refractivity (Wildman–Crippen MR) is 256 cm³/mol. The maximum atomic E-state index is 15.8. The lowest BCUT2D eigenvalue weighted by molar-refractivity contribution is -0.137. The Labute approximate surface area is 386 Å². The maximum Gasteiger partial charge on any atom is 0.417 e. The fourth-order valence-electron chi connectivity index (χ4n) is 9.18. The van der Waals surface area contributed by atoms with Gasteiger partial charge in [-0.1, -0.05) is 66.7 Å². The van der Waals surface area contributed by atoms with Gasteiger partial charge in [0.2, 0.25) is 0 Å². The second-order valence-electron chi connectivity index (χ2n) is 16.2. The molecule has 0 N–H and O–H groups in total. The lowest BCUT2D eigenvalue weighted by Crippen LogP contribution is -2.10. The van der Waals surface area contributed by atoms with E-state index >= 15 is 13.2 Å². The molecule has 3 aromatic heterocycles. The van der Waals surface area contributed by atoms with E-state index in [4.69, 9.17) is 9.97 Å². The summed E-state index contributed by atoms with van der Waals surface area (Å²) in [5.74, 6) is 0.431. The molecule has 0 aliphatic carbocycles. The van der Waals surface area contributed by atoms with Gasteiger partial charge in [-0.25, -0.2) is 9.97 Å². The third-order valence-corrected chi connectivity index (χ3v) is 12.3. The lowest BCUT2D eigenvalue weighted by Gasteiger charge is -2.21. The Balaban J connectivity index is 1.25. The summed E-state index contributed by atoms with van der Waals surface area (Å²) in [6, 6.07) is 59.6. The average molecular weight is 883 g/mol. The molecule has 68 heavy (non-hydrogen) atoms. The Hall–Kier alpha value is -9.81. The number of rotatable bonds is 6. The summed E-state index contributed by atoms with van der Waals surface area (Å²) >= 11 is 0. The minimum Gasteiger partial charge on any atom is -0.309 e. The highest BCUT2D eigenvalue weighted by molar-refractivity contribution is 6.12. The highest BCUT2D eigenvalue weighted by Crippen LogP contribution is 2.45. The highest BCUT2D eigenvalue weighted by Gasteiger charge is 2.35. The molecule has 0 amide bonds. The van der Waals surface area contributed by atoms with Gasteiger partial charge >= 0.3 is 6.18 Å². The molecule has 0 aliphatic heterocycles. The van der Waals surface area contributed by atoms with Crippen LogP contribution in [0.1, 0.15) is 27.8 Å². The van der Waals surface area contributed by atoms with Crippen molar-refractivity contribution in [3.8, 4) is 80.7 Å². The van der Waals surface area contributed by atoms with Crippen LogP contribution in [0, 0.1) is 45.3 Å². The molecule has 11 rings (SSSR count). The Kier molecular flexibility index (Phi) is 9.64. The van der Waals surface area contributed by atoms with Gasteiger partial charge < -0.3 is 9.13 Å². The molecule has 11 aromatic rings. The van der Waals surface area contributed by atoms with Crippen LogP contribution in [-0.4, -0.2) is 19.1 Å². The number of fused-ring (bicyclic) bond motifs is 6. The van der Waals surface area contributed by atoms with Crippen LogP contribution in [0.4, 0.5) is 13.2 Å². The van der Waals surface area contributed by atoms with E-state index in [1.54, 1.807) is 84.9 Å². The normalized spacial score (nSPS) is 11.4. The summed E-state index contributed by atoms with van der Waals surface area (Å²) in [5, 5.41) is 42.2. The fraction of sp³-hybridized carbons (Fsp3) is 0.0175. The molecule has 0 radical (unpaired) electrons. The molecule has 318 valence electrons. The molecule has 0 atom stereocenters. The van der Waals surface area contributed by atoms with Crippen LogP contribution in [-0.2, 0) is 6.18 Å². The van der Waals surface area contributed by atoms with Gasteiger partial charge in [0, 0.05) is 49.5 Å². The molecule has 0 fully saturated rings. The number of nitriles is 4. The van der Waals surface area contributed by atoms with E-state index in [2.05, 4.69) is 24.3 Å². The molecule has 8 aromatic carbocycles. The average Bonchev–Trinajstić information content (AvgIpc) is 3.89. The largest absolute Gasteiger partial charge is 0.417 e. The smallest absolute Gasteiger partial charge is 0.309 e. The van der Waals surface area contributed by atoms with E-state index in [9.17, 15) is 21.0 Å². The van der Waals surface area contributed by atoms with Crippen LogP contribution >= 0.6 is 0 Å². The van der Waals surface area contributed by atoms with Crippen molar-refractivity contribution in [3.63, 3.8) is 0 Å². The zero-order valence-corrected chi connectivity index (χ0v) is 35.5. The third kappa shape index (κ3) is 6.84. The van der Waals surface area contributed by atoms with E-state index in [-0.39, 0.29) is 11.1 Å². The maximum absolute atomic E-state index is 15.8. The molecule has 0 unspecified atom stereocenters. The Morgan fingerprint density at radius 3 is 1.32 bits per heavy atom. The summed E-state index contributed by atoms with van der Waals surface area (Å²) in [6.07, 6.45) is -4.83. The van der Waals surface area contributed by atoms with Gasteiger partial charge in [0.05, 0.1) is 91.2 Å². The van der Waals surface area contributed by atoms with Gasteiger partial charge in [0.1, 0.15) is 0 Å². The number of hydrogen-bond acceptors (Lipinski definition) is 6. The molecule has 0 saturated carbocycles. The van der Waals surface area contributed by atoms with Crippen molar-refractivity contribution in [1.82, 2.24) is 19.1 Å². The first-order valence-electron chi connectivity index (χ1n) is 21.3. The zero-order chi connectivity index (χ0) is 46.7. The standard InChI is InChI=1S/C57H29F3N8/c58-57(59,60)48-17-16-41(67-51-18-11-34(30-61)23-43(51)44-24-35(31-62)12-19-52(44)67)28-42(48)47-27-40(50-29-49(38-7-3-1-4-8-38)65-56(66-50)39-9-5-2-6-10-39)15-22-55(47)68-53-20-13-36(32-63)25-45(53)46-26-37(33-64)14-21-54(46)68/h1-29H. The van der Waals surface area contributed by atoms with Crippen molar-refractivity contribution in [2.24, 2.45) is 0 Å². The van der Waals surface area contributed by atoms with Crippen molar-refractivity contribution < 1.29 is 13.2 Å². The third-order valence-electron chi connectivity index (χ3n) is 12.3. The molecule has 0 saturated heterocycles. The van der Waals surface area contributed by atoms with E-state index in [1.165, 1.54) is 12.1 Å². The van der Waals surface area contributed by atoms with Crippen LogP contribution in [0.15, 0.2) is 176 Å². The van der Waals surface area contributed by atoms with Crippen LogP contribution < -0.4 is 0 Å². The van der Waals surface area contributed by atoms with Gasteiger partial charge in [0.25, 0.3) is 0 Å². The molecule has 0 bridgehead atoms. The molecular formula is C57H29F3N8. The topological polar surface area (TPSA) is 131 Å². The predicted octanol–water partition coefficient (Wildman–Crippen LogP) is 13.8. The van der Waals surface area contributed by atoms with Crippen LogP contribution in [0.2, 0.25) is 0 Å². The van der Waals surface area contributed by atoms with Crippen molar-refractivity contribution in [3.05, 3.63) is 204 Å². The Morgan fingerprint density at radius 1 is 0.397 bits per heavy atom. The van der Waals surface area contributed by atoms with E-state index in [0.717, 1.165) is 17.2 Å². The second kappa shape index (κ2) is 16.0. The minimum atomic E-state index is -4.83. The number of aromatic nitrogens is 4. The summed E-state index contributed by atoms with van der Waals surface area (Å²) in [6.45, 7) is 0. The van der Waals surface area contributed by atoms with Gasteiger partial charge in [-0.3, -0.25) is 0 Å². The summed E-state index contributed by atoms with van der Waals surface area (Å²) in [7, 11) is 0. The Bertz CT molecular complexity index is 3860. The molecule has 0 aliphatic rings. The van der Waals surface area contributed by atoms with Crippen LogP contribution in [0.25, 0.3) is 100 Å². The van der Waals surface area contributed by atoms with E-state index < -0.39 is 11.7 Å².